The molecule has 0 unspecified atom stereocenters. The highest BCUT2D eigenvalue weighted by Crippen LogP contribution is 2.16. The number of hydrogen-bond donors (Lipinski definition) is 2. The third kappa shape index (κ3) is 4.33. The van der Waals surface area contributed by atoms with E-state index < -0.39 is 6.09 Å². The summed E-state index contributed by atoms with van der Waals surface area (Å²) in [6.45, 7) is 0.620. The van der Waals surface area contributed by atoms with Crippen molar-refractivity contribution in [1.82, 2.24) is 10.3 Å². The Morgan fingerprint density at radius 2 is 2.04 bits per heavy atom. The van der Waals surface area contributed by atoms with E-state index in [0.717, 1.165) is 21.3 Å². The van der Waals surface area contributed by atoms with Crippen molar-refractivity contribution in [2.24, 2.45) is 0 Å². The maximum absolute atomic E-state index is 11.6. The molecule has 0 aliphatic rings. The fourth-order valence-corrected chi connectivity index (χ4v) is 2.96. The summed E-state index contributed by atoms with van der Waals surface area (Å²) in [5.74, 6) is 0. The number of hydrogen-bond acceptors (Lipinski definition) is 4. The maximum Gasteiger partial charge on any atom is 0.407 e. The molecule has 0 fully saturated rings. The number of carbonyl (C=O) groups excluding carboxylic acids is 1. The Hall–Kier alpha value is -2.86. The van der Waals surface area contributed by atoms with Crippen LogP contribution in [0.1, 0.15) is 11.1 Å². The molecule has 24 heavy (non-hydrogen) atoms. The molecule has 122 valence electrons. The van der Waals surface area contributed by atoms with Gasteiger partial charge in [0.25, 0.3) is 0 Å². The van der Waals surface area contributed by atoms with Crippen molar-refractivity contribution >= 4 is 33.7 Å². The van der Waals surface area contributed by atoms with E-state index in [0.29, 0.717) is 6.54 Å². The Kier molecular flexibility index (Phi) is 5.08. The van der Waals surface area contributed by atoms with Crippen LogP contribution in [0, 0.1) is 0 Å². The first-order chi connectivity index (χ1) is 11.7. The number of ether oxygens (including phenoxy) is 1. The second kappa shape index (κ2) is 7.61. The summed E-state index contributed by atoms with van der Waals surface area (Å²) in [6.07, 6.45) is 3.27. The summed E-state index contributed by atoms with van der Waals surface area (Å²) in [4.78, 5) is 25.6. The monoisotopic (exact) mass is 340 g/mol. The van der Waals surface area contributed by atoms with Crippen molar-refractivity contribution in [2.45, 2.75) is 6.61 Å². The Balaban J connectivity index is 1.47. The third-order valence-electron chi connectivity index (χ3n) is 3.33. The molecule has 0 bridgehead atoms. The van der Waals surface area contributed by atoms with E-state index in [4.69, 9.17) is 4.74 Å². The lowest BCUT2D eigenvalue weighted by atomic mass is 10.2. The van der Waals surface area contributed by atoms with Gasteiger partial charge in [0.1, 0.15) is 6.61 Å². The number of aromatic nitrogens is 1. The van der Waals surface area contributed by atoms with E-state index in [1.54, 1.807) is 0 Å². The molecule has 0 radical (unpaired) electrons. The molecule has 2 aromatic carbocycles. The molecule has 1 aromatic heterocycles. The molecule has 5 nitrogen and oxygen atoms in total. The lowest BCUT2D eigenvalue weighted by molar-refractivity contribution is 0.141. The number of aromatic amines is 1. The van der Waals surface area contributed by atoms with Gasteiger partial charge in [-0.05, 0) is 23.3 Å². The number of nitrogens with one attached hydrogen (secondary N) is 2. The van der Waals surface area contributed by atoms with E-state index >= 15 is 0 Å². The molecule has 6 heteroatoms. The minimum absolute atomic E-state index is 0.0612. The van der Waals surface area contributed by atoms with E-state index in [9.17, 15) is 9.59 Å². The molecule has 3 rings (SSSR count). The Morgan fingerprint density at radius 3 is 2.88 bits per heavy atom. The summed E-state index contributed by atoms with van der Waals surface area (Å²) < 4.78 is 6.03. The molecule has 0 aliphatic heterocycles. The van der Waals surface area contributed by atoms with Crippen LogP contribution in [-0.2, 0) is 11.3 Å². The second-order valence-corrected chi connectivity index (χ2v) is 6.13. The Morgan fingerprint density at radius 1 is 1.21 bits per heavy atom. The van der Waals surface area contributed by atoms with Gasteiger partial charge in [0.2, 0.25) is 0 Å². The fraction of sp³-hybridized carbons (Fsp3) is 0.111. The van der Waals surface area contributed by atoms with Crippen molar-refractivity contribution in [3.8, 4) is 0 Å². The number of rotatable bonds is 5. The average molecular weight is 340 g/mol. The van der Waals surface area contributed by atoms with Crippen molar-refractivity contribution < 1.29 is 9.53 Å². The molecule has 0 atom stereocenters. The van der Waals surface area contributed by atoms with E-state index in [1.807, 2.05) is 60.7 Å². The molecule has 1 amide bonds. The van der Waals surface area contributed by atoms with Crippen molar-refractivity contribution in [3.05, 3.63) is 75.4 Å². The van der Waals surface area contributed by atoms with Crippen LogP contribution in [0.25, 0.3) is 16.3 Å². The van der Waals surface area contributed by atoms with Crippen molar-refractivity contribution in [3.63, 3.8) is 0 Å². The fourth-order valence-electron chi connectivity index (χ4n) is 2.18. The predicted octanol–water partition coefficient (Wildman–Crippen LogP) is 3.53. The van der Waals surface area contributed by atoms with Gasteiger partial charge in [-0.15, -0.1) is 0 Å². The Labute approximate surface area is 142 Å². The molecule has 1 heterocycles. The van der Waals surface area contributed by atoms with Crippen LogP contribution in [0.3, 0.4) is 0 Å². The SMILES string of the molecule is O=C(NCC=Cc1ccc2[nH]c(=O)sc2c1)OCc1ccccc1. The first-order valence-electron chi connectivity index (χ1n) is 7.45. The van der Waals surface area contributed by atoms with Gasteiger partial charge >= 0.3 is 11.0 Å². The largest absolute Gasteiger partial charge is 0.445 e. The normalized spacial score (nSPS) is 11.0. The van der Waals surface area contributed by atoms with Crippen LogP contribution in [0.2, 0.25) is 0 Å². The number of alkyl carbamates (subject to hydrolysis) is 1. The van der Waals surface area contributed by atoms with Crippen molar-refractivity contribution in [2.75, 3.05) is 6.54 Å². The minimum atomic E-state index is -0.456. The lowest BCUT2D eigenvalue weighted by Crippen LogP contribution is -2.24. The molecule has 0 spiro atoms. The maximum atomic E-state index is 11.6. The van der Waals surface area contributed by atoms with Gasteiger partial charge < -0.3 is 15.0 Å². The summed E-state index contributed by atoms with van der Waals surface area (Å²) in [5, 5.41) is 2.66. The van der Waals surface area contributed by atoms with Gasteiger partial charge in [-0.1, -0.05) is 59.9 Å². The zero-order valence-corrected chi connectivity index (χ0v) is 13.6. The molecular weight excluding hydrogens is 324 g/mol. The molecule has 0 saturated carbocycles. The van der Waals surface area contributed by atoms with Gasteiger partial charge in [0, 0.05) is 6.54 Å². The van der Waals surface area contributed by atoms with Crippen LogP contribution in [0.5, 0.6) is 0 Å². The Bertz CT molecular complexity index is 913. The van der Waals surface area contributed by atoms with Crippen LogP contribution in [-0.4, -0.2) is 17.6 Å². The standard InChI is InChI=1S/C18H16N2O3S/c21-17(23-12-14-5-2-1-3-6-14)19-10-4-7-13-8-9-15-16(11-13)24-18(22)20-15/h1-9,11H,10,12H2,(H,19,21)(H,20,22). The first-order valence-corrected chi connectivity index (χ1v) is 8.26. The first kappa shape index (κ1) is 16.0. The molecule has 0 aliphatic carbocycles. The average Bonchev–Trinajstić information content (AvgIpc) is 2.97. The van der Waals surface area contributed by atoms with Crippen LogP contribution in [0.15, 0.2) is 59.4 Å². The van der Waals surface area contributed by atoms with Crippen LogP contribution >= 0.6 is 11.3 Å². The summed E-state index contributed by atoms with van der Waals surface area (Å²) >= 11 is 1.18. The predicted molar refractivity (Wildman–Crippen MR) is 96.1 cm³/mol. The third-order valence-corrected chi connectivity index (χ3v) is 4.18. The molecule has 2 N–H and O–H groups in total. The zero-order chi connectivity index (χ0) is 16.8. The number of thiazole rings is 1. The lowest BCUT2D eigenvalue weighted by Gasteiger charge is -2.05. The number of amides is 1. The van der Waals surface area contributed by atoms with Gasteiger partial charge in [0.15, 0.2) is 0 Å². The molecule has 0 saturated heterocycles. The minimum Gasteiger partial charge on any atom is -0.445 e. The topological polar surface area (TPSA) is 71.2 Å². The number of benzene rings is 2. The van der Waals surface area contributed by atoms with E-state index in [-0.39, 0.29) is 11.5 Å². The van der Waals surface area contributed by atoms with Crippen LogP contribution < -0.4 is 10.2 Å². The summed E-state index contributed by atoms with van der Waals surface area (Å²) in [7, 11) is 0. The zero-order valence-electron chi connectivity index (χ0n) is 12.8. The van der Waals surface area contributed by atoms with Crippen molar-refractivity contribution in [1.29, 1.82) is 0 Å². The molecular formula is C18H16N2O3S. The number of carbonyl (C=O) groups is 1. The summed E-state index contributed by atoms with van der Waals surface area (Å²) in [6, 6.07) is 15.2. The van der Waals surface area contributed by atoms with Gasteiger partial charge in [-0.3, -0.25) is 4.79 Å². The smallest absolute Gasteiger partial charge is 0.407 e. The highest BCUT2D eigenvalue weighted by molar-refractivity contribution is 7.16. The van der Waals surface area contributed by atoms with Gasteiger partial charge in [0.05, 0.1) is 10.2 Å². The highest BCUT2D eigenvalue weighted by atomic mass is 32.1. The summed E-state index contributed by atoms with van der Waals surface area (Å²) in [5.41, 5.74) is 2.75. The van der Waals surface area contributed by atoms with E-state index in [2.05, 4.69) is 10.3 Å². The number of fused-ring (bicyclic) bond motifs is 1. The van der Waals surface area contributed by atoms with E-state index in [1.165, 1.54) is 11.3 Å². The molecule has 3 aromatic rings. The van der Waals surface area contributed by atoms with Gasteiger partial charge in [-0.25, -0.2) is 4.79 Å². The number of H-pyrrole nitrogens is 1. The second-order valence-electron chi connectivity index (χ2n) is 5.12. The highest BCUT2D eigenvalue weighted by Gasteiger charge is 2.01. The quantitative estimate of drug-likeness (QED) is 0.746. The van der Waals surface area contributed by atoms with Gasteiger partial charge in [-0.2, -0.15) is 0 Å². The van der Waals surface area contributed by atoms with Crippen LogP contribution in [0.4, 0.5) is 4.79 Å².